The number of phenols is 1. The van der Waals surface area contributed by atoms with Gasteiger partial charge in [0.05, 0.1) is 0 Å². The maximum absolute atomic E-state index is 9.79. The monoisotopic (exact) mass is 280 g/mol. The fourth-order valence-corrected chi connectivity index (χ4v) is 3.84. The molecule has 108 valence electrons. The minimum absolute atomic E-state index is 0.325. The van der Waals surface area contributed by atoms with Crippen LogP contribution < -0.4 is 0 Å². The second-order valence-corrected chi connectivity index (χ2v) is 6.15. The van der Waals surface area contributed by atoms with E-state index in [2.05, 4.69) is 29.5 Å². The molecule has 0 amide bonds. The van der Waals surface area contributed by atoms with Crippen molar-refractivity contribution >= 4 is 16.5 Å². The number of nitrogens with zero attached hydrogens (tertiary/aromatic N) is 1. The van der Waals surface area contributed by atoms with Crippen LogP contribution in [0.1, 0.15) is 24.6 Å². The highest BCUT2D eigenvalue weighted by Gasteiger charge is 2.32. The van der Waals surface area contributed by atoms with Gasteiger partial charge in [0.1, 0.15) is 5.75 Å². The number of allylic oxidation sites excluding steroid dienone is 2. The van der Waals surface area contributed by atoms with E-state index in [1.165, 1.54) is 22.4 Å². The van der Waals surface area contributed by atoms with Crippen molar-refractivity contribution in [3.8, 4) is 5.75 Å². The van der Waals surface area contributed by atoms with Crippen molar-refractivity contribution in [3.05, 3.63) is 47.7 Å². The quantitative estimate of drug-likeness (QED) is 0.723. The van der Waals surface area contributed by atoms with E-state index in [4.69, 9.17) is 0 Å². The predicted octanol–water partition coefficient (Wildman–Crippen LogP) is 3.67. The second-order valence-electron chi connectivity index (χ2n) is 6.15. The first kappa shape index (κ1) is 12.7. The molecule has 3 nitrogen and oxygen atoms in total. The molecule has 2 aromatic rings. The van der Waals surface area contributed by atoms with Crippen LogP contribution in [0.25, 0.3) is 16.5 Å². The van der Waals surface area contributed by atoms with Crippen LogP contribution in [0.15, 0.2) is 36.4 Å². The standard InChI is InChI=1S/C18H20N2O/c1-3-12-9-20-7-6-14(12)11(2)18-16(10-20)15-8-13(21)4-5-17(15)19-18/h3-5,8,14,19,21H,2,6-7,9-10H2,1H3. The zero-order valence-corrected chi connectivity index (χ0v) is 12.3. The van der Waals surface area contributed by atoms with Crippen LogP contribution in [0.5, 0.6) is 5.75 Å². The summed E-state index contributed by atoms with van der Waals surface area (Å²) in [6.07, 6.45) is 3.40. The van der Waals surface area contributed by atoms with Crippen LogP contribution in [0.3, 0.4) is 0 Å². The highest BCUT2D eigenvalue weighted by Crippen LogP contribution is 2.41. The molecular formula is C18H20N2O. The van der Waals surface area contributed by atoms with Crippen molar-refractivity contribution in [1.29, 1.82) is 0 Å². The first-order chi connectivity index (χ1) is 10.2. The largest absolute Gasteiger partial charge is 0.508 e. The van der Waals surface area contributed by atoms with Gasteiger partial charge in [-0.05, 0) is 49.2 Å². The smallest absolute Gasteiger partial charge is 0.116 e. The highest BCUT2D eigenvalue weighted by molar-refractivity contribution is 5.90. The molecule has 1 fully saturated rings. The zero-order valence-electron chi connectivity index (χ0n) is 12.3. The first-order valence-corrected chi connectivity index (χ1v) is 7.57. The van der Waals surface area contributed by atoms with Gasteiger partial charge in [-0.2, -0.15) is 0 Å². The van der Waals surface area contributed by atoms with Gasteiger partial charge in [0, 0.05) is 35.6 Å². The summed E-state index contributed by atoms with van der Waals surface area (Å²) in [5, 5.41) is 10.9. The number of hydrogen-bond acceptors (Lipinski definition) is 2. The molecule has 5 rings (SSSR count). The molecule has 0 saturated carbocycles. The molecule has 4 heterocycles. The van der Waals surface area contributed by atoms with Gasteiger partial charge in [-0.3, -0.25) is 4.90 Å². The third-order valence-corrected chi connectivity index (χ3v) is 4.97. The topological polar surface area (TPSA) is 39.3 Å². The van der Waals surface area contributed by atoms with Crippen molar-refractivity contribution in [2.24, 2.45) is 5.92 Å². The second kappa shape index (κ2) is 4.50. The van der Waals surface area contributed by atoms with Crippen molar-refractivity contribution in [3.63, 3.8) is 0 Å². The van der Waals surface area contributed by atoms with Crippen LogP contribution in [0, 0.1) is 5.92 Å². The van der Waals surface area contributed by atoms with Crippen molar-refractivity contribution < 1.29 is 5.11 Å². The number of rotatable bonds is 0. The van der Waals surface area contributed by atoms with E-state index in [0.29, 0.717) is 11.7 Å². The number of hydrogen-bond donors (Lipinski definition) is 2. The minimum atomic E-state index is 0.325. The van der Waals surface area contributed by atoms with Gasteiger partial charge in [0.2, 0.25) is 0 Å². The highest BCUT2D eigenvalue weighted by atomic mass is 16.3. The number of aromatic hydroxyl groups is 1. The van der Waals surface area contributed by atoms with Gasteiger partial charge in [-0.1, -0.05) is 18.2 Å². The van der Waals surface area contributed by atoms with E-state index in [-0.39, 0.29) is 0 Å². The summed E-state index contributed by atoms with van der Waals surface area (Å²) in [5.74, 6) is 0.776. The molecule has 2 N–H and O–H groups in total. The average molecular weight is 280 g/mol. The molecule has 2 unspecified atom stereocenters. The molecular weight excluding hydrogens is 260 g/mol. The molecule has 0 radical (unpaired) electrons. The van der Waals surface area contributed by atoms with Gasteiger partial charge in [0.15, 0.2) is 0 Å². The van der Waals surface area contributed by atoms with Gasteiger partial charge < -0.3 is 10.1 Å². The SMILES string of the molecule is C=C1c2[nH]c3ccc(O)cc3c2CN2CCC1C(=CC)C2. The lowest BCUT2D eigenvalue weighted by molar-refractivity contribution is 0.238. The van der Waals surface area contributed by atoms with E-state index < -0.39 is 0 Å². The molecule has 1 saturated heterocycles. The number of phenolic OH excluding ortho intramolecular Hbond substituents is 1. The fraction of sp³-hybridized carbons (Fsp3) is 0.333. The summed E-state index contributed by atoms with van der Waals surface area (Å²) in [5.41, 5.74) is 6.23. The molecule has 1 aromatic heterocycles. The molecule has 0 aliphatic carbocycles. The Bertz CT molecular complexity index is 769. The molecule has 3 aliphatic rings. The first-order valence-electron chi connectivity index (χ1n) is 7.57. The summed E-state index contributed by atoms with van der Waals surface area (Å²) in [6, 6.07) is 5.56. The summed E-state index contributed by atoms with van der Waals surface area (Å²) in [4.78, 5) is 6.02. The number of aromatic nitrogens is 1. The summed E-state index contributed by atoms with van der Waals surface area (Å²) >= 11 is 0. The van der Waals surface area contributed by atoms with Crippen LogP contribution in [0.2, 0.25) is 0 Å². The van der Waals surface area contributed by atoms with Crippen LogP contribution >= 0.6 is 0 Å². The Morgan fingerprint density at radius 3 is 3.05 bits per heavy atom. The van der Waals surface area contributed by atoms with E-state index >= 15 is 0 Å². The Morgan fingerprint density at radius 1 is 1.38 bits per heavy atom. The zero-order chi connectivity index (χ0) is 14.6. The van der Waals surface area contributed by atoms with Gasteiger partial charge in [-0.15, -0.1) is 0 Å². The average Bonchev–Trinajstić information content (AvgIpc) is 2.82. The molecule has 21 heavy (non-hydrogen) atoms. The lowest BCUT2D eigenvalue weighted by atomic mass is 9.81. The maximum atomic E-state index is 9.79. The number of fused-ring (bicyclic) bond motifs is 3. The van der Waals surface area contributed by atoms with E-state index in [0.717, 1.165) is 37.0 Å². The number of aromatic amines is 1. The summed E-state index contributed by atoms with van der Waals surface area (Å²) in [6.45, 7) is 9.60. The van der Waals surface area contributed by atoms with Crippen LogP contribution in [-0.2, 0) is 6.54 Å². The molecule has 1 aromatic carbocycles. The third kappa shape index (κ3) is 1.84. The van der Waals surface area contributed by atoms with Crippen LogP contribution in [-0.4, -0.2) is 28.1 Å². The number of piperidine rings is 1. The molecule has 2 atom stereocenters. The Hall–Kier alpha value is -2.00. The van der Waals surface area contributed by atoms with Crippen molar-refractivity contribution in [1.82, 2.24) is 9.88 Å². The normalized spacial score (nSPS) is 26.9. The molecule has 3 aliphatic heterocycles. The minimum Gasteiger partial charge on any atom is -0.508 e. The Morgan fingerprint density at radius 2 is 2.24 bits per heavy atom. The Balaban J connectivity index is 1.95. The van der Waals surface area contributed by atoms with E-state index in [1.54, 1.807) is 6.07 Å². The van der Waals surface area contributed by atoms with Crippen LogP contribution in [0.4, 0.5) is 0 Å². The van der Waals surface area contributed by atoms with E-state index in [1.807, 2.05) is 12.1 Å². The fourth-order valence-electron chi connectivity index (χ4n) is 3.84. The number of nitrogens with one attached hydrogen (secondary N) is 1. The maximum Gasteiger partial charge on any atom is 0.116 e. The summed E-state index contributed by atoms with van der Waals surface area (Å²) < 4.78 is 0. The summed E-state index contributed by atoms with van der Waals surface area (Å²) in [7, 11) is 0. The predicted molar refractivity (Wildman–Crippen MR) is 86.1 cm³/mol. The van der Waals surface area contributed by atoms with Crippen molar-refractivity contribution in [2.45, 2.75) is 19.9 Å². The third-order valence-electron chi connectivity index (χ3n) is 4.97. The molecule has 2 bridgehead atoms. The molecule has 3 heteroatoms. The van der Waals surface area contributed by atoms with Gasteiger partial charge in [-0.25, -0.2) is 0 Å². The number of benzene rings is 1. The number of H-pyrrole nitrogens is 1. The van der Waals surface area contributed by atoms with E-state index in [9.17, 15) is 5.11 Å². The van der Waals surface area contributed by atoms with Gasteiger partial charge >= 0.3 is 0 Å². The Kier molecular flexibility index (Phi) is 2.73. The van der Waals surface area contributed by atoms with Crippen molar-refractivity contribution in [2.75, 3.05) is 13.1 Å². The lowest BCUT2D eigenvalue weighted by Crippen LogP contribution is -2.37. The lowest BCUT2D eigenvalue weighted by Gasteiger charge is -2.38. The van der Waals surface area contributed by atoms with Gasteiger partial charge in [0.25, 0.3) is 0 Å². The molecule has 0 spiro atoms. The Labute approximate surface area is 124 Å².